The molecule has 94 valence electrons. The van der Waals surface area contributed by atoms with E-state index >= 15 is 0 Å². The summed E-state index contributed by atoms with van der Waals surface area (Å²) in [6.45, 7) is 6.87. The van der Waals surface area contributed by atoms with Gasteiger partial charge in [-0.3, -0.25) is 4.79 Å². The average Bonchev–Trinajstić information content (AvgIpc) is 2.25. The van der Waals surface area contributed by atoms with Crippen LogP contribution in [0.25, 0.3) is 0 Å². The van der Waals surface area contributed by atoms with Crippen molar-refractivity contribution in [3.8, 4) is 0 Å². The zero-order valence-corrected chi connectivity index (χ0v) is 10.9. The first-order valence-corrected chi connectivity index (χ1v) is 6.59. The maximum atomic E-state index is 12.1. The van der Waals surface area contributed by atoms with Crippen molar-refractivity contribution in [3.05, 3.63) is 0 Å². The molecule has 3 heteroatoms. The minimum Gasteiger partial charge on any atom is -0.354 e. The monoisotopic (exact) mass is 226 g/mol. The first-order valence-electron chi connectivity index (χ1n) is 6.59. The highest BCUT2D eigenvalue weighted by Gasteiger charge is 2.42. The Kier molecular flexibility index (Phi) is 4.36. The van der Waals surface area contributed by atoms with Gasteiger partial charge in [0.05, 0.1) is 0 Å². The van der Waals surface area contributed by atoms with E-state index in [1.54, 1.807) is 0 Å². The lowest BCUT2D eigenvalue weighted by Crippen LogP contribution is -2.53. The molecule has 3 nitrogen and oxygen atoms in total. The number of nitrogens with one attached hydrogen (secondary N) is 1. The summed E-state index contributed by atoms with van der Waals surface area (Å²) < 4.78 is 0. The van der Waals surface area contributed by atoms with E-state index < -0.39 is 0 Å². The Morgan fingerprint density at radius 1 is 1.31 bits per heavy atom. The highest BCUT2D eigenvalue weighted by atomic mass is 16.2. The molecule has 0 saturated heterocycles. The van der Waals surface area contributed by atoms with Gasteiger partial charge < -0.3 is 11.1 Å². The van der Waals surface area contributed by atoms with E-state index in [2.05, 4.69) is 26.1 Å². The van der Waals surface area contributed by atoms with Crippen LogP contribution in [-0.4, -0.2) is 18.0 Å². The molecule has 0 unspecified atom stereocenters. The van der Waals surface area contributed by atoms with Gasteiger partial charge in [-0.25, -0.2) is 0 Å². The minimum atomic E-state index is -0.228. The summed E-state index contributed by atoms with van der Waals surface area (Å²) in [6, 6.07) is 0. The number of rotatable bonds is 6. The van der Waals surface area contributed by atoms with Crippen LogP contribution in [0.2, 0.25) is 0 Å². The molecule has 0 aromatic carbocycles. The van der Waals surface area contributed by atoms with Crippen LogP contribution in [0.4, 0.5) is 0 Å². The first kappa shape index (κ1) is 13.5. The van der Waals surface area contributed by atoms with Gasteiger partial charge in [0.1, 0.15) is 0 Å². The molecule has 1 fully saturated rings. The highest BCUT2D eigenvalue weighted by molar-refractivity contribution is 5.83. The van der Waals surface area contributed by atoms with Crippen molar-refractivity contribution in [3.63, 3.8) is 0 Å². The number of carbonyl (C=O) groups excluding carboxylic acids is 1. The highest BCUT2D eigenvalue weighted by Crippen LogP contribution is 2.43. The molecule has 1 saturated carbocycles. The minimum absolute atomic E-state index is 0.0671. The van der Waals surface area contributed by atoms with E-state index in [0.717, 1.165) is 32.1 Å². The standard InChI is InChI=1S/C13H26N2O/c1-4-12(8-7-9-12)11(16)15-10-13(14,5-2)6-3/h4-10,14H2,1-3H3,(H,15,16). The third-order valence-corrected chi connectivity index (χ3v) is 4.48. The van der Waals surface area contributed by atoms with Crippen LogP contribution in [0.3, 0.4) is 0 Å². The van der Waals surface area contributed by atoms with Gasteiger partial charge in [-0.2, -0.15) is 0 Å². The van der Waals surface area contributed by atoms with Gasteiger partial charge in [-0.1, -0.05) is 27.2 Å². The third-order valence-electron chi connectivity index (χ3n) is 4.48. The van der Waals surface area contributed by atoms with E-state index in [0.29, 0.717) is 6.54 Å². The summed E-state index contributed by atoms with van der Waals surface area (Å²) in [5.41, 5.74) is 5.88. The van der Waals surface area contributed by atoms with Gasteiger partial charge in [0.2, 0.25) is 5.91 Å². The summed E-state index contributed by atoms with van der Waals surface area (Å²) >= 11 is 0. The van der Waals surface area contributed by atoms with Gasteiger partial charge >= 0.3 is 0 Å². The Morgan fingerprint density at radius 2 is 1.88 bits per heavy atom. The summed E-state index contributed by atoms with van der Waals surface area (Å²) in [6.07, 6.45) is 6.05. The fourth-order valence-electron chi connectivity index (χ4n) is 2.29. The second kappa shape index (κ2) is 5.17. The Bertz CT molecular complexity index is 237. The van der Waals surface area contributed by atoms with E-state index in [1.807, 2.05) is 0 Å². The molecule has 0 spiro atoms. The zero-order valence-electron chi connectivity index (χ0n) is 10.9. The van der Waals surface area contributed by atoms with Crippen molar-refractivity contribution in [2.75, 3.05) is 6.54 Å². The molecule has 1 aliphatic carbocycles. The topological polar surface area (TPSA) is 55.1 Å². The molecule has 0 aromatic heterocycles. The van der Waals surface area contributed by atoms with Gasteiger partial charge in [-0.05, 0) is 32.1 Å². The lowest BCUT2D eigenvalue weighted by atomic mass is 9.66. The lowest BCUT2D eigenvalue weighted by molar-refractivity contribution is -0.136. The summed E-state index contributed by atoms with van der Waals surface area (Å²) in [5, 5.41) is 3.05. The fraction of sp³-hybridized carbons (Fsp3) is 0.923. The number of amides is 1. The molecule has 0 aliphatic heterocycles. The van der Waals surface area contributed by atoms with Crippen LogP contribution < -0.4 is 11.1 Å². The molecule has 0 radical (unpaired) electrons. The smallest absolute Gasteiger partial charge is 0.226 e. The molecule has 1 aliphatic rings. The number of carbonyl (C=O) groups is 1. The van der Waals surface area contributed by atoms with Gasteiger partial charge in [0.25, 0.3) is 0 Å². The largest absolute Gasteiger partial charge is 0.354 e. The molecule has 0 aromatic rings. The SMILES string of the molecule is CCC(N)(CC)CNC(=O)C1(CC)CCC1. The predicted octanol–water partition coefficient (Wildman–Crippen LogP) is 2.20. The second-order valence-corrected chi connectivity index (χ2v) is 5.24. The number of hydrogen-bond acceptors (Lipinski definition) is 2. The Hall–Kier alpha value is -0.570. The molecule has 0 atom stereocenters. The number of hydrogen-bond donors (Lipinski definition) is 2. The number of nitrogens with two attached hydrogens (primary N) is 1. The average molecular weight is 226 g/mol. The van der Waals surface area contributed by atoms with Gasteiger partial charge in [-0.15, -0.1) is 0 Å². The molecular formula is C13H26N2O. The Balaban J connectivity index is 2.46. The quantitative estimate of drug-likeness (QED) is 0.729. The predicted molar refractivity (Wildman–Crippen MR) is 67.1 cm³/mol. The normalized spacial score (nSPS) is 19.0. The van der Waals surface area contributed by atoms with Crippen molar-refractivity contribution < 1.29 is 4.79 Å². The van der Waals surface area contributed by atoms with E-state index in [4.69, 9.17) is 5.73 Å². The molecular weight excluding hydrogens is 200 g/mol. The molecule has 1 amide bonds. The third kappa shape index (κ3) is 2.57. The Morgan fingerprint density at radius 3 is 2.19 bits per heavy atom. The molecule has 3 N–H and O–H groups in total. The summed E-state index contributed by atoms with van der Waals surface area (Å²) in [4.78, 5) is 12.1. The lowest BCUT2D eigenvalue weighted by Gasteiger charge is -2.40. The molecule has 16 heavy (non-hydrogen) atoms. The van der Waals surface area contributed by atoms with Gasteiger partial charge in [0.15, 0.2) is 0 Å². The van der Waals surface area contributed by atoms with Crippen molar-refractivity contribution in [2.45, 2.75) is 64.8 Å². The maximum Gasteiger partial charge on any atom is 0.226 e. The van der Waals surface area contributed by atoms with Crippen LogP contribution in [-0.2, 0) is 4.79 Å². The summed E-state index contributed by atoms with van der Waals surface area (Å²) in [5.74, 6) is 0.220. The van der Waals surface area contributed by atoms with Crippen molar-refractivity contribution >= 4 is 5.91 Å². The van der Waals surface area contributed by atoms with E-state index in [1.165, 1.54) is 6.42 Å². The van der Waals surface area contributed by atoms with Crippen LogP contribution in [0, 0.1) is 5.41 Å². The van der Waals surface area contributed by atoms with Crippen molar-refractivity contribution in [1.29, 1.82) is 0 Å². The fourth-order valence-corrected chi connectivity index (χ4v) is 2.29. The molecule has 0 heterocycles. The zero-order chi connectivity index (χ0) is 12.2. The van der Waals surface area contributed by atoms with Crippen molar-refractivity contribution in [2.24, 2.45) is 11.1 Å². The van der Waals surface area contributed by atoms with Crippen LogP contribution in [0.5, 0.6) is 0 Å². The van der Waals surface area contributed by atoms with E-state index in [-0.39, 0.29) is 16.9 Å². The van der Waals surface area contributed by atoms with Crippen LogP contribution in [0.15, 0.2) is 0 Å². The van der Waals surface area contributed by atoms with Crippen LogP contribution in [0.1, 0.15) is 59.3 Å². The molecule has 1 rings (SSSR count). The first-order chi connectivity index (χ1) is 7.52. The van der Waals surface area contributed by atoms with Crippen LogP contribution >= 0.6 is 0 Å². The van der Waals surface area contributed by atoms with E-state index in [9.17, 15) is 4.79 Å². The van der Waals surface area contributed by atoms with Crippen molar-refractivity contribution in [1.82, 2.24) is 5.32 Å². The Labute approximate surface area is 99.2 Å². The van der Waals surface area contributed by atoms with Gasteiger partial charge in [0, 0.05) is 17.5 Å². The summed E-state index contributed by atoms with van der Waals surface area (Å²) in [7, 11) is 0. The maximum absolute atomic E-state index is 12.1. The molecule has 0 bridgehead atoms. The second-order valence-electron chi connectivity index (χ2n) is 5.24.